The molecule has 0 amide bonds. The average molecular weight is 807 g/mol. The van der Waals surface area contributed by atoms with Gasteiger partial charge in [0, 0.05) is 19.4 Å². The number of carbonyl (C=O) groups excluding carboxylic acids is 2. The third-order valence-electron chi connectivity index (χ3n) is 9.90. The largest absolute Gasteiger partial charge is 0.462 e. The Kier molecular flexibility index (Phi) is 46.0. The van der Waals surface area contributed by atoms with Gasteiger partial charge in [0.2, 0.25) is 0 Å². The van der Waals surface area contributed by atoms with Crippen LogP contribution in [0.4, 0.5) is 0 Å². The van der Waals surface area contributed by atoms with Crippen LogP contribution in [0, 0.1) is 0 Å². The van der Waals surface area contributed by atoms with Gasteiger partial charge in [-0.1, -0.05) is 183 Å². The van der Waals surface area contributed by atoms with Crippen molar-refractivity contribution < 1.29 is 23.8 Å². The highest BCUT2D eigenvalue weighted by Crippen LogP contribution is 2.13. The smallest absolute Gasteiger partial charge is 0.306 e. The van der Waals surface area contributed by atoms with Crippen molar-refractivity contribution >= 4 is 11.9 Å². The SMILES string of the molecule is CC/C=C\C/C=C\C/C=C\CCCCCCCC(=O)OCC(COCCCCCCCC/C=C\CCCC)OC(=O)CCCCCCC/C=C\C/C=C\C/C=C\CC. The van der Waals surface area contributed by atoms with E-state index in [-0.39, 0.29) is 25.2 Å². The number of ether oxygens (including phenoxy) is 3. The van der Waals surface area contributed by atoms with Crippen LogP contribution in [-0.2, 0) is 23.8 Å². The zero-order valence-electron chi connectivity index (χ0n) is 38.0. The number of unbranched alkanes of at least 4 members (excludes halogenated alkanes) is 18. The monoisotopic (exact) mass is 807 g/mol. The van der Waals surface area contributed by atoms with E-state index >= 15 is 0 Å². The number of allylic oxidation sites excluding steroid dienone is 14. The molecule has 0 saturated carbocycles. The fourth-order valence-corrected chi connectivity index (χ4v) is 6.34. The number of esters is 2. The molecule has 0 heterocycles. The van der Waals surface area contributed by atoms with Crippen molar-refractivity contribution in [3.05, 3.63) is 85.1 Å². The Morgan fingerprint density at radius 1 is 0.397 bits per heavy atom. The third-order valence-corrected chi connectivity index (χ3v) is 9.90. The molecule has 58 heavy (non-hydrogen) atoms. The molecule has 0 aliphatic rings. The lowest BCUT2D eigenvalue weighted by atomic mass is 10.1. The van der Waals surface area contributed by atoms with Gasteiger partial charge in [0.15, 0.2) is 6.10 Å². The van der Waals surface area contributed by atoms with Crippen LogP contribution in [-0.4, -0.2) is 37.9 Å². The molecule has 0 saturated heterocycles. The molecular weight excluding hydrogens is 717 g/mol. The number of rotatable bonds is 43. The molecule has 0 aromatic heterocycles. The summed E-state index contributed by atoms with van der Waals surface area (Å²) in [7, 11) is 0. The van der Waals surface area contributed by atoms with Crippen LogP contribution in [0.3, 0.4) is 0 Å². The molecule has 0 fully saturated rings. The lowest BCUT2D eigenvalue weighted by molar-refractivity contribution is -0.163. The second kappa shape index (κ2) is 48.4. The Hall–Kier alpha value is -2.92. The summed E-state index contributed by atoms with van der Waals surface area (Å²) in [4.78, 5) is 25.3. The first-order valence-electron chi connectivity index (χ1n) is 24.1. The highest BCUT2D eigenvalue weighted by molar-refractivity contribution is 5.70. The molecule has 0 rings (SSSR count). The summed E-state index contributed by atoms with van der Waals surface area (Å²) in [5.41, 5.74) is 0. The predicted octanol–water partition coefficient (Wildman–Crippen LogP) is 16.1. The van der Waals surface area contributed by atoms with Gasteiger partial charge in [-0.25, -0.2) is 0 Å². The van der Waals surface area contributed by atoms with Crippen molar-refractivity contribution in [2.24, 2.45) is 0 Å². The first-order valence-corrected chi connectivity index (χ1v) is 24.1. The van der Waals surface area contributed by atoms with E-state index in [4.69, 9.17) is 14.2 Å². The summed E-state index contributed by atoms with van der Waals surface area (Å²) in [6, 6.07) is 0. The quantitative estimate of drug-likeness (QED) is 0.0349. The molecule has 0 radical (unpaired) electrons. The van der Waals surface area contributed by atoms with Crippen molar-refractivity contribution in [1.29, 1.82) is 0 Å². The van der Waals surface area contributed by atoms with E-state index in [1.165, 1.54) is 77.0 Å². The van der Waals surface area contributed by atoms with E-state index in [1.54, 1.807) is 0 Å². The lowest BCUT2D eigenvalue weighted by Crippen LogP contribution is -2.30. The van der Waals surface area contributed by atoms with Crippen molar-refractivity contribution in [3.63, 3.8) is 0 Å². The van der Waals surface area contributed by atoms with Crippen molar-refractivity contribution in [3.8, 4) is 0 Å². The summed E-state index contributed by atoms with van der Waals surface area (Å²) >= 11 is 0. The fourth-order valence-electron chi connectivity index (χ4n) is 6.34. The van der Waals surface area contributed by atoms with Crippen LogP contribution < -0.4 is 0 Å². The molecule has 0 aliphatic heterocycles. The van der Waals surface area contributed by atoms with Crippen LogP contribution in [0.2, 0.25) is 0 Å². The highest BCUT2D eigenvalue weighted by atomic mass is 16.6. The van der Waals surface area contributed by atoms with E-state index in [2.05, 4.69) is 106 Å². The maximum absolute atomic E-state index is 12.8. The van der Waals surface area contributed by atoms with E-state index < -0.39 is 6.10 Å². The summed E-state index contributed by atoms with van der Waals surface area (Å²) < 4.78 is 17.3. The van der Waals surface area contributed by atoms with Gasteiger partial charge in [0.1, 0.15) is 6.61 Å². The number of carbonyl (C=O) groups is 2. The Morgan fingerprint density at radius 2 is 0.776 bits per heavy atom. The van der Waals surface area contributed by atoms with Crippen LogP contribution >= 0.6 is 0 Å². The second-order valence-electron chi connectivity index (χ2n) is 15.6. The minimum absolute atomic E-state index is 0.0631. The third kappa shape index (κ3) is 45.8. The van der Waals surface area contributed by atoms with Gasteiger partial charge in [0.05, 0.1) is 6.61 Å². The molecule has 0 spiro atoms. The van der Waals surface area contributed by atoms with Crippen molar-refractivity contribution in [1.82, 2.24) is 0 Å². The zero-order valence-corrected chi connectivity index (χ0v) is 38.0. The standard InChI is InChI=1S/C53H90O5/c1-4-7-10-13-16-19-22-25-27-29-31-34-37-40-43-46-52(54)57-50-51(49-56-48-45-42-39-36-33-24-21-18-15-12-9-6-3)58-53(55)47-44-41-38-35-32-30-28-26-23-20-17-14-11-8-5-2/h7-8,10-11,15-20,25-28,51H,4-6,9,12-14,21-24,29-50H2,1-3H3/b10-7-,11-8-,18-15-,19-16-,20-17-,27-25-,28-26-. The van der Waals surface area contributed by atoms with Crippen LogP contribution in [0.5, 0.6) is 0 Å². The first kappa shape index (κ1) is 55.1. The molecule has 0 bridgehead atoms. The van der Waals surface area contributed by atoms with Gasteiger partial charge in [-0.05, 0) is 103 Å². The van der Waals surface area contributed by atoms with Crippen molar-refractivity contribution in [2.45, 2.75) is 219 Å². The first-order chi connectivity index (χ1) is 28.6. The van der Waals surface area contributed by atoms with E-state index in [9.17, 15) is 9.59 Å². The minimum Gasteiger partial charge on any atom is -0.462 e. The molecule has 1 unspecified atom stereocenters. The van der Waals surface area contributed by atoms with Gasteiger partial charge < -0.3 is 14.2 Å². The van der Waals surface area contributed by atoms with Gasteiger partial charge in [-0.3, -0.25) is 9.59 Å². The molecular formula is C53H90O5. The lowest BCUT2D eigenvalue weighted by Gasteiger charge is -2.18. The van der Waals surface area contributed by atoms with Crippen LogP contribution in [0.25, 0.3) is 0 Å². The molecule has 332 valence electrons. The molecule has 0 aromatic carbocycles. The Balaban J connectivity index is 4.34. The maximum Gasteiger partial charge on any atom is 0.306 e. The minimum atomic E-state index is -0.558. The van der Waals surface area contributed by atoms with Crippen LogP contribution in [0.15, 0.2) is 85.1 Å². The Labute approximate surface area is 359 Å². The fraction of sp³-hybridized carbons (Fsp3) is 0.698. The van der Waals surface area contributed by atoms with Crippen LogP contribution in [0.1, 0.15) is 213 Å². The normalized spacial score (nSPS) is 12.9. The molecule has 5 heteroatoms. The number of hydrogen-bond acceptors (Lipinski definition) is 5. The Morgan fingerprint density at radius 3 is 1.26 bits per heavy atom. The van der Waals surface area contributed by atoms with Gasteiger partial charge >= 0.3 is 11.9 Å². The maximum atomic E-state index is 12.8. The topological polar surface area (TPSA) is 61.8 Å². The molecule has 1 atom stereocenters. The van der Waals surface area contributed by atoms with E-state index in [0.29, 0.717) is 19.4 Å². The summed E-state index contributed by atoms with van der Waals surface area (Å²) in [5, 5.41) is 0. The molecule has 0 N–H and O–H groups in total. The van der Waals surface area contributed by atoms with E-state index in [0.717, 1.165) is 103 Å². The van der Waals surface area contributed by atoms with Gasteiger partial charge in [-0.15, -0.1) is 0 Å². The Bertz CT molecular complexity index is 1090. The zero-order chi connectivity index (χ0) is 42.1. The van der Waals surface area contributed by atoms with Crippen molar-refractivity contribution in [2.75, 3.05) is 19.8 Å². The summed E-state index contributed by atoms with van der Waals surface area (Å²) in [5.74, 6) is -0.443. The average Bonchev–Trinajstić information content (AvgIpc) is 3.22. The number of hydrogen-bond donors (Lipinski definition) is 0. The van der Waals surface area contributed by atoms with Gasteiger partial charge in [0.25, 0.3) is 0 Å². The van der Waals surface area contributed by atoms with Gasteiger partial charge in [-0.2, -0.15) is 0 Å². The second-order valence-corrected chi connectivity index (χ2v) is 15.6. The summed E-state index contributed by atoms with van der Waals surface area (Å²) in [6.07, 6.45) is 62.9. The molecule has 5 nitrogen and oxygen atoms in total. The predicted molar refractivity (Wildman–Crippen MR) is 251 cm³/mol. The summed E-state index contributed by atoms with van der Waals surface area (Å²) in [6.45, 7) is 7.52. The molecule has 0 aromatic rings. The highest BCUT2D eigenvalue weighted by Gasteiger charge is 2.17. The molecule has 0 aliphatic carbocycles. The van der Waals surface area contributed by atoms with E-state index in [1.807, 2.05) is 0 Å².